The summed E-state index contributed by atoms with van der Waals surface area (Å²) in [5.74, 6) is -2.05. The third-order valence-corrected chi connectivity index (χ3v) is 3.27. The molecule has 1 saturated heterocycles. The molecule has 114 valence electrons. The van der Waals surface area contributed by atoms with Gasteiger partial charge in [-0.1, -0.05) is 0 Å². The molecule has 1 heterocycles. The number of rotatable bonds is 4. The van der Waals surface area contributed by atoms with Crippen LogP contribution in [0.1, 0.15) is 15.9 Å². The normalized spacial score (nSPS) is 18.6. The predicted octanol–water partition coefficient (Wildman–Crippen LogP) is 0.898. The van der Waals surface area contributed by atoms with Gasteiger partial charge in [0.15, 0.2) is 6.04 Å². The summed E-state index contributed by atoms with van der Waals surface area (Å²) in [6.45, 7) is 0.458. The Bertz CT molecular complexity index is 548. The van der Waals surface area contributed by atoms with Crippen LogP contribution in [0.4, 0.5) is 4.39 Å². The Labute approximate surface area is 121 Å². The summed E-state index contributed by atoms with van der Waals surface area (Å²) in [6, 6.07) is 2.88. The number of hydrogen-bond acceptors (Lipinski definition) is 4. The second kappa shape index (κ2) is 6.64. The number of benzene rings is 1. The second-order valence-electron chi connectivity index (χ2n) is 4.67. The first-order valence-electron chi connectivity index (χ1n) is 6.43. The number of carbonyl (C=O) groups excluding carboxylic acids is 1. The molecule has 0 spiro atoms. The van der Waals surface area contributed by atoms with Gasteiger partial charge in [-0.3, -0.25) is 4.79 Å². The molecule has 21 heavy (non-hydrogen) atoms. The average Bonchev–Trinajstić information content (AvgIpc) is 2.49. The number of carbonyl (C=O) groups is 2. The molecule has 1 unspecified atom stereocenters. The number of morpholine rings is 1. The van der Waals surface area contributed by atoms with Gasteiger partial charge in [-0.25, -0.2) is 9.18 Å². The van der Waals surface area contributed by atoms with Crippen molar-refractivity contribution in [3.8, 4) is 0 Å². The minimum atomic E-state index is -1.12. The van der Waals surface area contributed by atoms with Crippen molar-refractivity contribution in [3.63, 3.8) is 0 Å². The number of carboxylic acid groups (broad SMARTS) is 1. The van der Waals surface area contributed by atoms with Crippen molar-refractivity contribution in [1.29, 1.82) is 0 Å². The van der Waals surface area contributed by atoms with Crippen molar-refractivity contribution in [3.05, 3.63) is 35.1 Å². The third kappa shape index (κ3) is 3.37. The van der Waals surface area contributed by atoms with E-state index in [4.69, 9.17) is 14.6 Å². The minimum absolute atomic E-state index is 0.0401. The van der Waals surface area contributed by atoms with Gasteiger partial charge in [0.05, 0.1) is 19.8 Å². The number of carboxylic acids is 1. The number of hydrogen-bond donors (Lipinski definition) is 1. The Kier molecular flexibility index (Phi) is 4.87. The van der Waals surface area contributed by atoms with Gasteiger partial charge in [0, 0.05) is 24.8 Å². The second-order valence-corrected chi connectivity index (χ2v) is 4.67. The van der Waals surface area contributed by atoms with Gasteiger partial charge in [0.1, 0.15) is 5.82 Å². The van der Waals surface area contributed by atoms with Crippen molar-refractivity contribution in [2.24, 2.45) is 0 Å². The molecule has 0 saturated carbocycles. The van der Waals surface area contributed by atoms with Crippen molar-refractivity contribution in [2.45, 2.75) is 12.6 Å². The van der Waals surface area contributed by atoms with E-state index in [1.165, 1.54) is 30.2 Å². The smallest absolute Gasteiger partial charge is 0.328 e. The molecule has 6 nitrogen and oxygen atoms in total. The van der Waals surface area contributed by atoms with Crippen molar-refractivity contribution < 1.29 is 28.6 Å². The maximum atomic E-state index is 13.5. The van der Waals surface area contributed by atoms with Gasteiger partial charge in [0.25, 0.3) is 5.91 Å². The number of amides is 1. The molecule has 0 radical (unpaired) electrons. The molecule has 1 aromatic carbocycles. The van der Waals surface area contributed by atoms with E-state index in [0.717, 1.165) is 0 Å². The van der Waals surface area contributed by atoms with Gasteiger partial charge < -0.3 is 19.5 Å². The number of aliphatic carboxylic acids is 1. The van der Waals surface area contributed by atoms with Crippen molar-refractivity contribution in [2.75, 3.05) is 26.9 Å². The predicted molar refractivity (Wildman–Crippen MR) is 70.4 cm³/mol. The molecule has 1 aliphatic rings. The summed E-state index contributed by atoms with van der Waals surface area (Å²) in [6.07, 6.45) is 0. The SMILES string of the molecule is COCc1cc(C(=O)N2CCOCC2C(=O)O)ccc1F. The quantitative estimate of drug-likeness (QED) is 0.893. The van der Waals surface area contributed by atoms with Gasteiger partial charge in [-0.2, -0.15) is 0 Å². The van der Waals surface area contributed by atoms with Crippen LogP contribution in [0, 0.1) is 5.82 Å². The fraction of sp³-hybridized carbons (Fsp3) is 0.429. The van der Waals surface area contributed by atoms with Crippen LogP contribution in [0.3, 0.4) is 0 Å². The Morgan fingerprint density at radius 1 is 1.52 bits per heavy atom. The van der Waals surface area contributed by atoms with E-state index < -0.39 is 23.7 Å². The summed E-state index contributed by atoms with van der Waals surface area (Å²) in [5, 5.41) is 9.13. The standard InChI is InChI=1S/C14H16FNO5/c1-20-7-10-6-9(2-3-11(10)15)13(17)16-4-5-21-8-12(16)14(18)19/h2-3,6,12H,4-5,7-8H2,1H3,(H,18,19). The van der Waals surface area contributed by atoms with Crippen molar-refractivity contribution >= 4 is 11.9 Å². The van der Waals surface area contributed by atoms with Crippen LogP contribution >= 0.6 is 0 Å². The van der Waals surface area contributed by atoms with Gasteiger partial charge in [-0.05, 0) is 18.2 Å². The zero-order valence-electron chi connectivity index (χ0n) is 11.5. The maximum Gasteiger partial charge on any atom is 0.328 e. The molecule has 1 aromatic rings. The lowest BCUT2D eigenvalue weighted by atomic mass is 10.1. The first kappa shape index (κ1) is 15.4. The van der Waals surface area contributed by atoms with Crippen molar-refractivity contribution in [1.82, 2.24) is 4.90 Å². The minimum Gasteiger partial charge on any atom is -0.480 e. The molecular formula is C14H16FNO5. The van der Waals surface area contributed by atoms with E-state index in [-0.39, 0.29) is 37.5 Å². The lowest BCUT2D eigenvalue weighted by Crippen LogP contribution is -2.52. The van der Waals surface area contributed by atoms with Crippen LogP contribution < -0.4 is 0 Å². The largest absolute Gasteiger partial charge is 0.480 e. The van der Waals surface area contributed by atoms with Gasteiger partial charge >= 0.3 is 5.97 Å². The third-order valence-electron chi connectivity index (χ3n) is 3.27. The fourth-order valence-electron chi connectivity index (χ4n) is 2.19. The monoisotopic (exact) mass is 297 g/mol. The van der Waals surface area contributed by atoms with Crippen LogP contribution in [0.15, 0.2) is 18.2 Å². The molecule has 1 aliphatic heterocycles. The summed E-state index contributed by atoms with van der Waals surface area (Å²) in [4.78, 5) is 24.8. The molecule has 0 aliphatic carbocycles. The molecule has 0 aromatic heterocycles. The van der Waals surface area contributed by atoms with E-state index >= 15 is 0 Å². The zero-order valence-corrected chi connectivity index (χ0v) is 11.5. The number of nitrogens with zero attached hydrogens (tertiary/aromatic N) is 1. The molecule has 1 amide bonds. The summed E-state index contributed by atoms with van der Waals surface area (Å²) in [5.41, 5.74) is 0.486. The number of methoxy groups -OCH3 is 1. The Hall–Kier alpha value is -1.99. The fourth-order valence-corrected chi connectivity index (χ4v) is 2.19. The van der Waals surface area contributed by atoms with E-state index in [0.29, 0.717) is 0 Å². The lowest BCUT2D eigenvalue weighted by molar-refractivity contribution is -0.147. The maximum absolute atomic E-state index is 13.5. The summed E-state index contributed by atoms with van der Waals surface area (Å²) in [7, 11) is 1.43. The summed E-state index contributed by atoms with van der Waals surface area (Å²) < 4.78 is 23.5. The first-order chi connectivity index (χ1) is 10.0. The van der Waals surface area contributed by atoms with E-state index in [1.54, 1.807) is 0 Å². The van der Waals surface area contributed by atoms with Crippen LogP contribution in [0.25, 0.3) is 0 Å². The Morgan fingerprint density at radius 2 is 2.29 bits per heavy atom. The first-order valence-corrected chi connectivity index (χ1v) is 6.43. The van der Waals surface area contributed by atoms with Crippen LogP contribution in [0.2, 0.25) is 0 Å². The van der Waals surface area contributed by atoms with E-state index in [1.807, 2.05) is 0 Å². The Balaban J connectivity index is 2.25. The van der Waals surface area contributed by atoms with Gasteiger partial charge in [-0.15, -0.1) is 0 Å². The summed E-state index contributed by atoms with van der Waals surface area (Å²) >= 11 is 0. The molecule has 2 rings (SSSR count). The highest BCUT2D eigenvalue weighted by molar-refractivity contribution is 5.97. The van der Waals surface area contributed by atoms with E-state index in [9.17, 15) is 14.0 Å². The molecule has 7 heteroatoms. The van der Waals surface area contributed by atoms with Crippen LogP contribution in [0.5, 0.6) is 0 Å². The molecular weight excluding hydrogens is 281 g/mol. The molecule has 1 fully saturated rings. The average molecular weight is 297 g/mol. The van der Waals surface area contributed by atoms with Crippen LogP contribution in [-0.4, -0.2) is 54.8 Å². The van der Waals surface area contributed by atoms with Gasteiger partial charge in [0.2, 0.25) is 0 Å². The highest BCUT2D eigenvalue weighted by atomic mass is 19.1. The Morgan fingerprint density at radius 3 is 2.95 bits per heavy atom. The van der Waals surface area contributed by atoms with Crippen LogP contribution in [-0.2, 0) is 20.9 Å². The number of ether oxygens (including phenoxy) is 2. The highest BCUT2D eigenvalue weighted by Crippen LogP contribution is 2.17. The molecule has 1 atom stereocenters. The molecule has 0 bridgehead atoms. The number of halogens is 1. The zero-order chi connectivity index (χ0) is 15.4. The highest BCUT2D eigenvalue weighted by Gasteiger charge is 2.33. The topological polar surface area (TPSA) is 76.1 Å². The lowest BCUT2D eigenvalue weighted by Gasteiger charge is -2.33. The van der Waals surface area contributed by atoms with E-state index in [2.05, 4.69) is 0 Å². The molecule has 1 N–H and O–H groups in total.